The Bertz CT molecular complexity index is 1840. The van der Waals surface area contributed by atoms with Gasteiger partial charge in [0.15, 0.2) is 12.4 Å². The maximum atomic E-state index is 12.7. The number of carbonyl (C=O) groups excluding carboxylic acids is 1. The van der Waals surface area contributed by atoms with Gasteiger partial charge >= 0.3 is 6.18 Å². The van der Waals surface area contributed by atoms with Crippen LogP contribution >= 0.6 is 22.7 Å². The van der Waals surface area contributed by atoms with E-state index in [0.717, 1.165) is 32.8 Å². The van der Waals surface area contributed by atoms with Crippen LogP contribution in [0, 0.1) is 0 Å². The van der Waals surface area contributed by atoms with Crippen molar-refractivity contribution in [1.29, 1.82) is 0 Å². The zero-order valence-corrected chi connectivity index (χ0v) is 24.7. The van der Waals surface area contributed by atoms with Crippen LogP contribution in [0.1, 0.15) is 22.0 Å². The second-order valence-corrected chi connectivity index (χ2v) is 11.0. The van der Waals surface area contributed by atoms with Gasteiger partial charge in [-0.15, -0.1) is 0 Å². The third-order valence-corrected chi connectivity index (χ3v) is 7.93. The Labute approximate surface area is 256 Å². The van der Waals surface area contributed by atoms with Gasteiger partial charge < -0.3 is 24.1 Å². The predicted molar refractivity (Wildman–Crippen MR) is 162 cm³/mol. The third-order valence-electron chi connectivity index (χ3n) is 6.10. The summed E-state index contributed by atoms with van der Waals surface area (Å²) in [7, 11) is 2.74. The van der Waals surface area contributed by atoms with E-state index in [-0.39, 0.29) is 17.1 Å². The van der Waals surface area contributed by atoms with Crippen molar-refractivity contribution in [3.63, 3.8) is 0 Å². The van der Waals surface area contributed by atoms with Crippen LogP contribution < -0.4 is 18.9 Å². The van der Waals surface area contributed by atoms with Crippen LogP contribution in [-0.2, 0) is 0 Å². The van der Waals surface area contributed by atoms with Gasteiger partial charge in [-0.2, -0.15) is 13.2 Å². The molecule has 226 valence electrons. The number of ether oxygens (including phenoxy) is 4. The van der Waals surface area contributed by atoms with E-state index in [9.17, 15) is 23.1 Å². The molecule has 0 radical (unpaired) electrons. The lowest BCUT2D eigenvalue weighted by Gasteiger charge is -2.18. The first-order chi connectivity index (χ1) is 21.2. The molecule has 0 spiro atoms. The molecule has 0 aliphatic carbocycles. The van der Waals surface area contributed by atoms with E-state index in [2.05, 4.69) is 9.97 Å². The molecule has 6 rings (SSSR count). The Kier molecular flexibility index (Phi) is 9.28. The molecule has 0 aliphatic heterocycles. The van der Waals surface area contributed by atoms with Gasteiger partial charge in [-0.05, 0) is 48.5 Å². The number of alkyl halides is 3. The molecule has 13 heteroatoms. The van der Waals surface area contributed by atoms with E-state index >= 15 is 0 Å². The smallest absolute Gasteiger partial charge is 0.418 e. The van der Waals surface area contributed by atoms with E-state index < -0.39 is 12.3 Å². The highest BCUT2D eigenvalue weighted by Crippen LogP contribution is 2.40. The number of benzene rings is 4. The molecule has 0 saturated carbocycles. The molecular formula is C31H23F3N2O6S2. The molecule has 1 N–H and O–H groups in total. The molecule has 0 amide bonds. The van der Waals surface area contributed by atoms with Crippen LogP contribution in [-0.4, -0.2) is 41.8 Å². The van der Waals surface area contributed by atoms with Crippen molar-refractivity contribution in [1.82, 2.24) is 9.97 Å². The highest BCUT2D eigenvalue weighted by molar-refractivity contribution is 7.20. The number of halogens is 3. The van der Waals surface area contributed by atoms with Crippen LogP contribution in [0.3, 0.4) is 0 Å². The second-order valence-electron chi connectivity index (χ2n) is 8.97. The molecule has 0 bridgehead atoms. The standard InChI is InChI=1S/C16H12F3NO3S.C15H11NO3S/c1-22-12-8-9(6-7-10(12)14(21)16(17,18)19)23-15-20-11-4-2-3-5-13(11)24-15;1-18-13-8-11(7-6-10(13)9-17)19-15-16-12-4-2-3-5-14(12)20-15/h2-8,14,21H,1H3;2-9H,1H3. The van der Waals surface area contributed by atoms with E-state index in [1.165, 1.54) is 49.0 Å². The predicted octanol–water partition coefficient (Wildman–Crippen LogP) is 8.60. The molecule has 1 atom stereocenters. The minimum atomic E-state index is -4.78. The minimum Gasteiger partial charge on any atom is -0.496 e. The molecule has 6 aromatic rings. The molecule has 0 saturated heterocycles. The number of aliphatic hydroxyl groups excluding tert-OH is 1. The number of fused-ring (bicyclic) bond motifs is 2. The van der Waals surface area contributed by atoms with E-state index in [0.29, 0.717) is 27.4 Å². The highest BCUT2D eigenvalue weighted by Gasteiger charge is 2.41. The van der Waals surface area contributed by atoms with Crippen LogP contribution in [0.5, 0.6) is 33.4 Å². The number of carbonyl (C=O) groups is 1. The quantitative estimate of drug-likeness (QED) is 0.165. The number of aliphatic hydroxyl groups is 1. The van der Waals surface area contributed by atoms with Crippen molar-refractivity contribution >= 4 is 49.4 Å². The van der Waals surface area contributed by atoms with E-state index in [4.69, 9.17) is 18.9 Å². The number of para-hydroxylation sites is 2. The lowest BCUT2D eigenvalue weighted by molar-refractivity contribution is -0.207. The molecule has 44 heavy (non-hydrogen) atoms. The van der Waals surface area contributed by atoms with Gasteiger partial charge in [0.2, 0.25) is 0 Å². The van der Waals surface area contributed by atoms with E-state index in [1.54, 1.807) is 18.2 Å². The normalized spacial score (nSPS) is 11.9. The van der Waals surface area contributed by atoms with Gasteiger partial charge in [0.25, 0.3) is 10.4 Å². The van der Waals surface area contributed by atoms with Crippen LogP contribution in [0.4, 0.5) is 13.2 Å². The number of rotatable bonds is 8. The monoisotopic (exact) mass is 640 g/mol. The zero-order chi connectivity index (χ0) is 31.3. The Balaban J connectivity index is 0.000000177. The molecule has 2 heterocycles. The number of aromatic nitrogens is 2. The number of hydrogen-bond donors (Lipinski definition) is 1. The largest absolute Gasteiger partial charge is 0.496 e. The fourth-order valence-electron chi connectivity index (χ4n) is 4.00. The van der Waals surface area contributed by atoms with Crippen molar-refractivity contribution in [2.24, 2.45) is 0 Å². The molecule has 8 nitrogen and oxygen atoms in total. The van der Waals surface area contributed by atoms with Gasteiger partial charge in [-0.1, -0.05) is 46.9 Å². The van der Waals surface area contributed by atoms with Crippen molar-refractivity contribution in [2.75, 3.05) is 14.2 Å². The molecule has 1 unspecified atom stereocenters. The van der Waals surface area contributed by atoms with Gasteiger partial charge in [0, 0.05) is 17.7 Å². The number of thiazole rings is 2. The van der Waals surface area contributed by atoms with Crippen molar-refractivity contribution in [3.8, 4) is 33.4 Å². The van der Waals surface area contributed by atoms with Gasteiger partial charge in [-0.25, -0.2) is 9.97 Å². The summed E-state index contributed by atoms with van der Waals surface area (Å²) in [6.45, 7) is 0. The topological polar surface area (TPSA) is 100 Å². The zero-order valence-electron chi connectivity index (χ0n) is 23.1. The Hall–Kier alpha value is -4.72. The summed E-state index contributed by atoms with van der Waals surface area (Å²) in [5.74, 6) is 1.23. The van der Waals surface area contributed by atoms with Gasteiger partial charge in [0.05, 0.1) is 40.2 Å². The molecule has 0 fully saturated rings. The summed E-state index contributed by atoms with van der Waals surface area (Å²) in [5, 5.41) is 10.3. The fourth-order valence-corrected chi connectivity index (χ4v) is 5.67. The molecule has 4 aromatic carbocycles. The Morgan fingerprint density at radius 1 is 0.750 bits per heavy atom. The SMILES string of the molecule is COc1cc(Oc2nc3ccccc3s2)ccc1C(O)C(F)(F)F.COc1cc(Oc2nc3ccccc3s2)ccc1C=O. The van der Waals surface area contributed by atoms with E-state index in [1.807, 2.05) is 48.5 Å². The highest BCUT2D eigenvalue weighted by atomic mass is 32.1. The lowest BCUT2D eigenvalue weighted by Crippen LogP contribution is -2.20. The fraction of sp³-hybridized carbons (Fsp3) is 0.129. The first-order valence-corrected chi connectivity index (χ1v) is 14.4. The lowest BCUT2D eigenvalue weighted by atomic mass is 10.1. The Morgan fingerprint density at radius 3 is 1.73 bits per heavy atom. The second kappa shape index (κ2) is 13.3. The molecular weight excluding hydrogens is 617 g/mol. The minimum absolute atomic E-state index is 0.113. The number of methoxy groups -OCH3 is 2. The van der Waals surface area contributed by atoms with Crippen molar-refractivity contribution in [3.05, 3.63) is 96.1 Å². The first-order valence-electron chi connectivity index (χ1n) is 12.8. The van der Waals surface area contributed by atoms with Crippen molar-refractivity contribution in [2.45, 2.75) is 12.3 Å². The third kappa shape index (κ3) is 7.08. The summed E-state index contributed by atoms with van der Waals surface area (Å²) < 4.78 is 61.4. The van der Waals surface area contributed by atoms with Gasteiger partial charge in [0.1, 0.15) is 23.0 Å². The van der Waals surface area contributed by atoms with Crippen LogP contribution in [0.2, 0.25) is 0 Å². The van der Waals surface area contributed by atoms with Crippen molar-refractivity contribution < 1.29 is 42.0 Å². The Morgan fingerprint density at radius 2 is 1.25 bits per heavy atom. The van der Waals surface area contributed by atoms with Gasteiger partial charge in [-0.3, -0.25) is 4.79 Å². The average Bonchev–Trinajstić information content (AvgIpc) is 3.63. The maximum absolute atomic E-state index is 12.7. The number of aldehydes is 1. The van der Waals surface area contributed by atoms with Crippen LogP contribution in [0.25, 0.3) is 20.4 Å². The summed E-state index contributed by atoms with van der Waals surface area (Å²) in [5.41, 5.74) is 1.79. The molecule has 0 aliphatic rings. The average molecular weight is 641 g/mol. The summed E-state index contributed by atoms with van der Waals surface area (Å²) in [6, 6.07) is 24.1. The summed E-state index contributed by atoms with van der Waals surface area (Å²) in [4.78, 5) is 19.5. The number of hydrogen-bond acceptors (Lipinski definition) is 10. The first kappa shape index (κ1) is 30.7. The molecule has 2 aromatic heterocycles. The van der Waals surface area contributed by atoms with Crippen LogP contribution in [0.15, 0.2) is 84.9 Å². The maximum Gasteiger partial charge on any atom is 0.418 e. The summed E-state index contributed by atoms with van der Waals surface area (Å²) >= 11 is 2.79. The summed E-state index contributed by atoms with van der Waals surface area (Å²) in [6.07, 6.45) is -6.65. The number of nitrogens with zero attached hydrogens (tertiary/aromatic N) is 2.